The Morgan fingerprint density at radius 2 is 1.86 bits per heavy atom. The molecule has 0 radical (unpaired) electrons. The van der Waals surface area contributed by atoms with Crippen LogP contribution < -0.4 is 5.32 Å². The first-order valence-electron chi connectivity index (χ1n) is 9.91. The molecule has 4 rings (SSSR count). The first kappa shape index (κ1) is 19.1. The molecule has 29 heavy (non-hydrogen) atoms. The average molecular weight is 388 g/mol. The first-order valence-corrected chi connectivity index (χ1v) is 9.91. The van der Waals surface area contributed by atoms with Gasteiger partial charge in [-0.3, -0.25) is 4.79 Å². The second kappa shape index (κ2) is 7.66. The van der Waals surface area contributed by atoms with E-state index < -0.39 is 12.1 Å². The van der Waals surface area contributed by atoms with Crippen LogP contribution in [0.5, 0.6) is 0 Å². The van der Waals surface area contributed by atoms with Crippen molar-refractivity contribution in [3.63, 3.8) is 0 Å². The van der Waals surface area contributed by atoms with Gasteiger partial charge in [0.1, 0.15) is 0 Å². The molecule has 0 spiro atoms. The predicted octanol–water partition coefficient (Wildman–Crippen LogP) is 4.34. The van der Waals surface area contributed by atoms with Gasteiger partial charge in [-0.05, 0) is 51.3 Å². The number of aromatic nitrogens is 1. The van der Waals surface area contributed by atoms with E-state index >= 15 is 0 Å². The minimum Gasteiger partial charge on any atom is -0.449 e. The smallest absolute Gasteiger partial charge is 0.339 e. The molecule has 0 bridgehead atoms. The van der Waals surface area contributed by atoms with Crippen molar-refractivity contribution < 1.29 is 14.3 Å². The number of ether oxygens (including phenoxy) is 1. The summed E-state index contributed by atoms with van der Waals surface area (Å²) in [6, 6.07) is 15.6. The second-order valence-corrected chi connectivity index (χ2v) is 7.72. The zero-order valence-electron chi connectivity index (χ0n) is 16.9. The summed E-state index contributed by atoms with van der Waals surface area (Å²) in [6.45, 7) is 5.67. The lowest BCUT2D eigenvalue weighted by molar-refractivity contribution is -0.129. The van der Waals surface area contributed by atoms with Gasteiger partial charge in [-0.1, -0.05) is 42.0 Å². The van der Waals surface area contributed by atoms with Crippen molar-refractivity contribution in [2.75, 3.05) is 0 Å². The van der Waals surface area contributed by atoms with E-state index in [4.69, 9.17) is 9.72 Å². The largest absolute Gasteiger partial charge is 0.449 e. The number of carbonyl (C=O) groups excluding carboxylic acids is 2. The minimum absolute atomic E-state index is 0.224. The van der Waals surface area contributed by atoms with Crippen LogP contribution in [0.15, 0.2) is 48.5 Å². The van der Waals surface area contributed by atoms with E-state index in [1.54, 1.807) is 13.0 Å². The van der Waals surface area contributed by atoms with Crippen LogP contribution in [0.2, 0.25) is 0 Å². The first-order chi connectivity index (χ1) is 13.9. The lowest BCUT2D eigenvalue weighted by Gasteiger charge is -2.15. The Labute approximate surface area is 170 Å². The van der Waals surface area contributed by atoms with Crippen LogP contribution in [0.4, 0.5) is 0 Å². The van der Waals surface area contributed by atoms with Gasteiger partial charge < -0.3 is 10.1 Å². The molecule has 1 heterocycles. The predicted molar refractivity (Wildman–Crippen MR) is 113 cm³/mol. The molecular weight excluding hydrogens is 364 g/mol. The number of para-hydroxylation sites is 1. The summed E-state index contributed by atoms with van der Waals surface area (Å²) in [5.74, 6) is -0.776. The number of benzene rings is 2. The maximum Gasteiger partial charge on any atom is 0.339 e. The minimum atomic E-state index is -0.848. The standard InChI is InChI=1S/C24H24N2O3/c1-14-8-11-18(15(2)12-14)22-13-20(19-6-4-5-7-21(19)26-22)24(28)29-16(3)23(27)25-17-9-10-17/h4-8,11-13,16-17H,9-10H2,1-3H3,(H,25,27). The number of amides is 1. The Balaban J connectivity index is 1.70. The summed E-state index contributed by atoms with van der Waals surface area (Å²) in [6.07, 6.45) is 1.13. The van der Waals surface area contributed by atoms with Crippen molar-refractivity contribution in [2.24, 2.45) is 0 Å². The van der Waals surface area contributed by atoms with Crippen LogP contribution in [-0.2, 0) is 9.53 Å². The lowest BCUT2D eigenvalue weighted by Crippen LogP contribution is -2.37. The molecular formula is C24H24N2O3. The van der Waals surface area contributed by atoms with Gasteiger partial charge in [0.05, 0.1) is 16.8 Å². The molecule has 2 aromatic carbocycles. The van der Waals surface area contributed by atoms with Crippen LogP contribution in [0.3, 0.4) is 0 Å². The van der Waals surface area contributed by atoms with Gasteiger partial charge in [0.15, 0.2) is 6.10 Å². The molecule has 3 aromatic rings. The van der Waals surface area contributed by atoms with Crippen molar-refractivity contribution in [2.45, 2.75) is 45.8 Å². The Kier molecular flexibility index (Phi) is 5.05. The number of nitrogens with zero attached hydrogens (tertiary/aromatic N) is 1. The molecule has 1 saturated carbocycles. The molecule has 148 valence electrons. The third-order valence-corrected chi connectivity index (χ3v) is 5.17. The highest BCUT2D eigenvalue weighted by atomic mass is 16.5. The van der Waals surface area contributed by atoms with Gasteiger partial charge in [-0.2, -0.15) is 0 Å². The topological polar surface area (TPSA) is 68.3 Å². The maximum atomic E-state index is 13.0. The molecule has 1 N–H and O–H groups in total. The molecule has 1 atom stereocenters. The van der Waals surface area contributed by atoms with Crippen molar-refractivity contribution in [3.8, 4) is 11.3 Å². The Morgan fingerprint density at radius 1 is 1.10 bits per heavy atom. The SMILES string of the molecule is Cc1ccc(-c2cc(C(=O)OC(C)C(=O)NC3CC3)c3ccccc3n2)c(C)c1. The number of rotatable bonds is 5. The second-order valence-electron chi connectivity index (χ2n) is 7.72. The van der Waals surface area contributed by atoms with E-state index in [9.17, 15) is 9.59 Å². The quantitative estimate of drug-likeness (QED) is 0.660. The number of hydrogen-bond acceptors (Lipinski definition) is 4. The van der Waals surface area contributed by atoms with Gasteiger partial charge in [0.2, 0.25) is 0 Å². The number of fused-ring (bicyclic) bond motifs is 1. The normalized spacial score (nSPS) is 14.4. The molecule has 1 amide bonds. The van der Waals surface area contributed by atoms with E-state index in [2.05, 4.69) is 11.4 Å². The van der Waals surface area contributed by atoms with E-state index in [0.717, 1.165) is 24.0 Å². The number of pyridine rings is 1. The third kappa shape index (κ3) is 4.14. The van der Waals surface area contributed by atoms with Crippen LogP contribution >= 0.6 is 0 Å². The van der Waals surface area contributed by atoms with E-state index in [1.165, 1.54) is 5.56 Å². The van der Waals surface area contributed by atoms with Crippen LogP contribution in [0.1, 0.15) is 41.3 Å². The highest BCUT2D eigenvalue weighted by molar-refractivity contribution is 6.05. The Bertz CT molecular complexity index is 1100. The average Bonchev–Trinajstić information content (AvgIpc) is 3.51. The summed E-state index contributed by atoms with van der Waals surface area (Å²) < 4.78 is 5.50. The molecule has 1 aliphatic rings. The highest BCUT2D eigenvalue weighted by Crippen LogP contribution is 2.28. The number of hydrogen-bond donors (Lipinski definition) is 1. The summed E-state index contributed by atoms with van der Waals surface area (Å²) in [5.41, 5.74) is 5.06. The van der Waals surface area contributed by atoms with Crippen molar-refractivity contribution in [1.29, 1.82) is 0 Å². The van der Waals surface area contributed by atoms with Crippen LogP contribution in [0, 0.1) is 13.8 Å². The van der Waals surface area contributed by atoms with Gasteiger partial charge in [0.25, 0.3) is 5.91 Å². The monoisotopic (exact) mass is 388 g/mol. The molecule has 5 nitrogen and oxygen atoms in total. The molecule has 1 aromatic heterocycles. The summed E-state index contributed by atoms with van der Waals surface area (Å²) in [5, 5.41) is 3.58. The Morgan fingerprint density at radius 3 is 2.59 bits per heavy atom. The van der Waals surface area contributed by atoms with E-state index in [0.29, 0.717) is 22.2 Å². The number of aryl methyl sites for hydroxylation is 2. The number of nitrogens with one attached hydrogen (secondary N) is 1. The van der Waals surface area contributed by atoms with Gasteiger partial charge in [0, 0.05) is 17.0 Å². The molecule has 0 saturated heterocycles. The molecule has 5 heteroatoms. The van der Waals surface area contributed by atoms with E-state index in [-0.39, 0.29) is 11.9 Å². The number of carbonyl (C=O) groups is 2. The lowest BCUT2D eigenvalue weighted by atomic mass is 9.99. The zero-order valence-corrected chi connectivity index (χ0v) is 16.9. The fourth-order valence-electron chi connectivity index (χ4n) is 3.41. The summed E-state index contributed by atoms with van der Waals surface area (Å²) in [7, 11) is 0. The van der Waals surface area contributed by atoms with Crippen LogP contribution in [-0.4, -0.2) is 29.0 Å². The summed E-state index contributed by atoms with van der Waals surface area (Å²) >= 11 is 0. The molecule has 1 unspecified atom stereocenters. The maximum absolute atomic E-state index is 13.0. The van der Waals surface area contributed by atoms with Gasteiger partial charge >= 0.3 is 5.97 Å². The van der Waals surface area contributed by atoms with Crippen molar-refractivity contribution in [3.05, 3.63) is 65.2 Å². The van der Waals surface area contributed by atoms with Gasteiger partial charge in [-0.25, -0.2) is 9.78 Å². The van der Waals surface area contributed by atoms with Crippen molar-refractivity contribution >= 4 is 22.8 Å². The molecule has 1 fully saturated rings. The van der Waals surface area contributed by atoms with E-state index in [1.807, 2.05) is 50.2 Å². The fourth-order valence-corrected chi connectivity index (χ4v) is 3.41. The van der Waals surface area contributed by atoms with Crippen LogP contribution in [0.25, 0.3) is 22.2 Å². The molecule has 1 aliphatic carbocycles. The summed E-state index contributed by atoms with van der Waals surface area (Å²) in [4.78, 5) is 29.9. The highest BCUT2D eigenvalue weighted by Gasteiger charge is 2.28. The molecule has 0 aliphatic heterocycles. The van der Waals surface area contributed by atoms with Gasteiger partial charge in [-0.15, -0.1) is 0 Å². The zero-order chi connectivity index (χ0) is 20.5. The number of esters is 1. The van der Waals surface area contributed by atoms with Crippen molar-refractivity contribution in [1.82, 2.24) is 10.3 Å². The fraction of sp³-hybridized carbons (Fsp3) is 0.292. The third-order valence-electron chi connectivity index (χ3n) is 5.17. The Hall–Kier alpha value is -3.21.